The zero-order valence-corrected chi connectivity index (χ0v) is 12.4. The van der Waals surface area contributed by atoms with E-state index in [1.165, 1.54) is 12.1 Å². The number of halogens is 1. The lowest BCUT2D eigenvalue weighted by atomic mass is 10.0. The number of aliphatic hydroxyl groups excluding tert-OH is 1. The predicted molar refractivity (Wildman–Crippen MR) is 74.9 cm³/mol. The van der Waals surface area contributed by atoms with Gasteiger partial charge in [-0.15, -0.1) is 0 Å². The molecule has 1 amide bonds. The monoisotopic (exact) mass is 283 g/mol. The number of carbonyl (C=O) groups excluding carboxylic acids is 1. The van der Waals surface area contributed by atoms with Gasteiger partial charge in [0.05, 0.1) is 6.61 Å². The summed E-state index contributed by atoms with van der Waals surface area (Å²) >= 11 is 0. The number of amides is 1. The Hall–Kier alpha value is -1.62. The van der Waals surface area contributed by atoms with Crippen LogP contribution in [0.1, 0.15) is 39.7 Å². The largest absolute Gasteiger partial charge is 0.478 e. The molecule has 0 aliphatic carbocycles. The smallest absolute Gasteiger partial charge is 0.261 e. The lowest BCUT2D eigenvalue weighted by Gasteiger charge is -2.26. The van der Waals surface area contributed by atoms with Crippen molar-refractivity contribution < 1.29 is 19.0 Å². The maximum Gasteiger partial charge on any atom is 0.261 e. The quantitative estimate of drug-likeness (QED) is 0.842. The van der Waals surface area contributed by atoms with Gasteiger partial charge in [-0.05, 0) is 44.9 Å². The third-order valence-corrected chi connectivity index (χ3v) is 3.20. The van der Waals surface area contributed by atoms with Gasteiger partial charge in [0.25, 0.3) is 5.91 Å². The number of ether oxygens (including phenoxy) is 1. The van der Waals surface area contributed by atoms with Crippen LogP contribution in [0.3, 0.4) is 0 Å². The second-order valence-electron chi connectivity index (χ2n) is 5.41. The minimum atomic E-state index is -0.796. The van der Waals surface area contributed by atoms with E-state index in [0.717, 1.165) is 6.42 Å². The Balaban J connectivity index is 2.71. The first-order valence-corrected chi connectivity index (χ1v) is 6.67. The number of rotatable bonds is 6. The summed E-state index contributed by atoms with van der Waals surface area (Å²) in [7, 11) is 0. The molecule has 0 aromatic heterocycles. The fourth-order valence-corrected chi connectivity index (χ4v) is 1.51. The molecule has 0 heterocycles. The third kappa shape index (κ3) is 4.49. The van der Waals surface area contributed by atoms with E-state index in [1.54, 1.807) is 13.0 Å². The number of hydrogen-bond donors (Lipinski definition) is 2. The first kappa shape index (κ1) is 16.4. The Kier molecular flexibility index (Phi) is 5.51. The molecule has 20 heavy (non-hydrogen) atoms. The summed E-state index contributed by atoms with van der Waals surface area (Å²) in [5, 5.41) is 11.7. The van der Waals surface area contributed by atoms with E-state index in [1.807, 2.05) is 20.8 Å². The van der Waals surface area contributed by atoms with Crippen LogP contribution in [0, 0.1) is 5.82 Å². The molecular weight excluding hydrogens is 261 g/mol. The van der Waals surface area contributed by atoms with Crippen LogP contribution in [0.25, 0.3) is 0 Å². The van der Waals surface area contributed by atoms with Crippen molar-refractivity contribution in [2.75, 3.05) is 0 Å². The second-order valence-corrected chi connectivity index (χ2v) is 5.41. The summed E-state index contributed by atoms with van der Waals surface area (Å²) in [5.74, 6) is -0.882. The predicted octanol–water partition coefficient (Wildman–Crippen LogP) is 2.39. The van der Waals surface area contributed by atoms with E-state index in [-0.39, 0.29) is 23.8 Å². The van der Waals surface area contributed by atoms with Crippen molar-refractivity contribution in [3.05, 3.63) is 29.6 Å². The van der Waals surface area contributed by atoms with Crippen molar-refractivity contribution >= 4 is 5.91 Å². The first-order chi connectivity index (χ1) is 9.29. The molecule has 0 aliphatic rings. The van der Waals surface area contributed by atoms with Crippen molar-refractivity contribution in [3.8, 4) is 5.75 Å². The molecule has 4 nitrogen and oxygen atoms in total. The molecule has 0 bridgehead atoms. The SMILES string of the molecule is CCC(C)(C)NC(=O)C(C)Oc1ccc(CO)cc1F. The van der Waals surface area contributed by atoms with Gasteiger partial charge in [-0.25, -0.2) is 4.39 Å². The fraction of sp³-hybridized carbons (Fsp3) is 0.533. The molecule has 0 aliphatic heterocycles. The van der Waals surface area contributed by atoms with Crippen LogP contribution in [-0.2, 0) is 11.4 Å². The Labute approximate surface area is 119 Å². The van der Waals surface area contributed by atoms with Crippen LogP contribution < -0.4 is 10.1 Å². The molecule has 1 atom stereocenters. The molecule has 0 radical (unpaired) electrons. The van der Waals surface area contributed by atoms with Crippen molar-refractivity contribution in [2.45, 2.75) is 52.4 Å². The van der Waals surface area contributed by atoms with Gasteiger partial charge < -0.3 is 15.2 Å². The standard InChI is InChI=1S/C15H22FNO3/c1-5-15(3,4)17-14(19)10(2)20-13-7-6-11(9-18)8-12(13)16/h6-8,10,18H,5,9H2,1-4H3,(H,17,19). The summed E-state index contributed by atoms with van der Waals surface area (Å²) in [6.45, 7) is 7.12. The van der Waals surface area contributed by atoms with Gasteiger partial charge in [-0.1, -0.05) is 13.0 Å². The Morgan fingerprint density at radius 2 is 2.15 bits per heavy atom. The van der Waals surface area contributed by atoms with Gasteiger partial charge in [-0.3, -0.25) is 4.79 Å². The summed E-state index contributed by atoms with van der Waals surface area (Å²) in [6, 6.07) is 4.16. The maximum atomic E-state index is 13.7. The number of carbonyl (C=O) groups is 1. The number of aliphatic hydroxyl groups is 1. The molecule has 1 unspecified atom stereocenters. The van der Waals surface area contributed by atoms with Crippen LogP contribution in [0.2, 0.25) is 0 Å². The highest BCUT2D eigenvalue weighted by Crippen LogP contribution is 2.20. The molecule has 0 spiro atoms. The van der Waals surface area contributed by atoms with Crippen molar-refractivity contribution in [2.24, 2.45) is 0 Å². The minimum Gasteiger partial charge on any atom is -0.478 e. The van der Waals surface area contributed by atoms with Gasteiger partial charge in [0, 0.05) is 5.54 Å². The summed E-state index contributed by atoms with van der Waals surface area (Å²) < 4.78 is 19.0. The van der Waals surface area contributed by atoms with Crippen molar-refractivity contribution in [3.63, 3.8) is 0 Å². The molecule has 112 valence electrons. The van der Waals surface area contributed by atoms with E-state index >= 15 is 0 Å². The van der Waals surface area contributed by atoms with Gasteiger partial charge in [-0.2, -0.15) is 0 Å². The lowest BCUT2D eigenvalue weighted by molar-refractivity contribution is -0.129. The zero-order valence-electron chi connectivity index (χ0n) is 12.4. The molecule has 5 heteroatoms. The highest BCUT2D eigenvalue weighted by Gasteiger charge is 2.23. The second kappa shape index (κ2) is 6.70. The van der Waals surface area contributed by atoms with Crippen LogP contribution in [0.4, 0.5) is 4.39 Å². The summed E-state index contributed by atoms with van der Waals surface area (Å²) in [4.78, 5) is 12.0. The molecule has 2 N–H and O–H groups in total. The first-order valence-electron chi connectivity index (χ1n) is 6.67. The van der Waals surface area contributed by atoms with E-state index in [9.17, 15) is 9.18 Å². The molecule has 0 fully saturated rings. The van der Waals surface area contributed by atoms with Crippen LogP contribution in [0.15, 0.2) is 18.2 Å². The molecular formula is C15H22FNO3. The average Bonchev–Trinajstić information content (AvgIpc) is 2.40. The molecule has 1 aromatic carbocycles. The van der Waals surface area contributed by atoms with E-state index in [4.69, 9.17) is 9.84 Å². The lowest BCUT2D eigenvalue weighted by Crippen LogP contribution is -2.48. The Morgan fingerprint density at radius 3 is 2.65 bits per heavy atom. The van der Waals surface area contributed by atoms with E-state index in [2.05, 4.69) is 5.32 Å². The Bertz CT molecular complexity index is 474. The highest BCUT2D eigenvalue weighted by molar-refractivity contribution is 5.81. The van der Waals surface area contributed by atoms with Crippen molar-refractivity contribution in [1.29, 1.82) is 0 Å². The normalized spacial score (nSPS) is 12.9. The van der Waals surface area contributed by atoms with Gasteiger partial charge in [0.1, 0.15) is 0 Å². The third-order valence-electron chi connectivity index (χ3n) is 3.20. The molecule has 0 saturated heterocycles. The molecule has 1 aromatic rings. The zero-order chi connectivity index (χ0) is 15.3. The van der Waals surface area contributed by atoms with Crippen LogP contribution in [0.5, 0.6) is 5.75 Å². The number of nitrogens with one attached hydrogen (secondary N) is 1. The summed E-state index contributed by atoms with van der Waals surface area (Å²) in [5.41, 5.74) is 0.132. The number of benzene rings is 1. The number of hydrogen-bond acceptors (Lipinski definition) is 3. The van der Waals surface area contributed by atoms with Crippen molar-refractivity contribution in [1.82, 2.24) is 5.32 Å². The summed E-state index contributed by atoms with van der Waals surface area (Å²) in [6.07, 6.45) is -0.0133. The topological polar surface area (TPSA) is 58.6 Å². The molecule has 1 rings (SSSR count). The highest BCUT2D eigenvalue weighted by atomic mass is 19.1. The van der Waals surface area contributed by atoms with Gasteiger partial charge >= 0.3 is 0 Å². The van der Waals surface area contributed by atoms with E-state index < -0.39 is 11.9 Å². The Morgan fingerprint density at radius 1 is 1.50 bits per heavy atom. The van der Waals surface area contributed by atoms with E-state index in [0.29, 0.717) is 5.56 Å². The van der Waals surface area contributed by atoms with Gasteiger partial charge in [0.2, 0.25) is 0 Å². The maximum absolute atomic E-state index is 13.7. The average molecular weight is 283 g/mol. The molecule has 0 saturated carbocycles. The van der Waals surface area contributed by atoms with Gasteiger partial charge in [0.15, 0.2) is 17.7 Å². The van der Waals surface area contributed by atoms with Crippen LogP contribution in [-0.4, -0.2) is 22.7 Å². The van der Waals surface area contributed by atoms with Crippen LogP contribution >= 0.6 is 0 Å². The fourth-order valence-electron chi connectivity index (χ4n) is 1.51. The minimum absolute atomic E-state index is 0.000783.